The van der Waals surface area contributed by atoms with Gasteiger partial charge < -0.3 is 15.5 Å². The molecule has 1 unspecified atom stereocenters. The lowest BCUT2D eigenvalue weighted by atomic mass is 9.87. The third-order valence-corrected chi connectivity index (χ3v) is 11.2. The number of carbonyl (C=O) groups excluding carboxylic acids is 2. The number of aryl methyl sites for hydroxylation is 1. The van der Waals surface area contributed by atoms with Crippen molar-refractivity contribution >= 4 is 50.7 Å². The van der Waals surface area contributed by atoms with E-state index >= 15 is 0 Å². The zero-order chi connectivity index (χ0) is 37.0. The van der Waals surface area contributed by atoms with E-state index in [1.54, 1.807) is 51.2 Å². The van der Waals surface area contributed by atoms with Crippen LogP contribution in [0.15, 0.2) is 83.9 Å². The van der Waals surface area contributed by atoms with Crippen molar-refractivity contribution in [3.05, 3.63) is 95.7 Å². The number of imide groups is 1. The number of carbonyl (C=O) groups is 2. The summed E-state index contributed by atoms with van der Waals surface area (Å²) in [6.07, 6.45) is 4.69. The SMILES string of the molecule is Cc1cnc(Nc2ccc(N3CCC(N(C)Cc4ccccc4C4CCC(=O)NC4=O)CC3)cc2)nc1Nc1cccc(S(=O)(=O)NC(C)(C)C)c1. The maximum atomic E-state index is 12.9. The van der Waals surface area contributed by atoms with E-state index in [0.29, 0.717) is 36.3 Å². The molecule has 2 amide bonds. The number of hydrogen-bond acceptors (Lipinski definition) is 10. The number of anilines is 5. The van der Waals surface area contributed by atoms with Gasteiger partial charge in [0, 0.05) is 66.5 Å². The number of aromatic nitrogens is 2. The molecular formula is C39H48N8O4S. The van der Waals surface area contributed by atoms with Crippen LogP contribution in [0.4, 0.5) is 28.8 Å². The van der Waals surface area contributed by atoms with Gasteiger partial charge in [0.05, 0.1) is 10.8 Å². The van der Waals surface area contributed by atoms with E-state index in [1.165, 1.54) is 0 Å². The molecule has 13 heteroatoms. The quantitative estimate of drug-likeness (QED) is 0.136. The topological polar surface area (TPSA) is 149 Å². The number of benzene rings is 3. The molecular weight excluding hydrogens is 677 g/mol. The highest BCUT2D eigenvalue weighted by molar-refractivity contribution is 7.89. The Morgan fingerprint density at radius 1 is 0.923 bits per heavy atom. The molecule has 52 heavy (non-hydrogen) atoms. The lowest BCUT2D eigenvalue weighted by Crippen LogP contribution is -2.43. The molecule has 0 spiro atoms. The average Bonchev–Trinajstić information content (AvgIpc) is 3.10. The first-order chi connectivity index (χ1) is 24.7. The van der Waals surface area contributed by atoms with Crippen LogP contribution in [0.5, 0.6) is 0 Å². The molecule has 274 valence electrons. The molecule has 2 aliphatic heterocycles. The zero-order valence-electron chi connectivity index (χ0n) is 30.4. The van der Waals surface area contributed by atoms with Crippen molar-refractivity contribution in [2.75, 3.05) is 35.7 Å². The monoisotopic (exact) mass is 724 g/mol. The Balaban J connectivity index is 1.04. The second kappa shape index (κ2) is 15.4. The van der Waals surface area contributed by atoms with Crippen LogP contribution >= 0.6 is 0 Å². The first kappa shape index (κ1) is 36.9. The van der Waals surface area contributed by atoms with Crippen molar-refractivity contribution < 1.29 is 18.0 Å². The van der Waals surface area contributed by atoms with Crippen molar-refractivity contribution in [3.8, 4) is 0 Å². The number of nitrogens with one attached hydrogen (secondary N) is 4. The summed E-state index contributed by atoms with van der Waals surface area (Å²) in [5.74, 6) is 0.311. The van der Waals surface area contributed by atoms with Crippen LogP contribution in [-0.2, 0) is 26.2 Å². The summed E-state index contributed by atoms with van der Waals surface area (Å²) in [5.41, 5.74) is 4.97. The van der Waals surface area contributed by atoms with Gasteiger partial charge in [0.1, 0.15) is 5.82 Å². The third kappa shape index (κ3) is 9.14. The van der Waals surface area contributed by atoms with Crippen LogP contribution in [-0.4, -0.2) is 66.8 Å². The summed E-state index contributed by atoms with van der Waals surface area (Å²) in [6.45, 7) is 9.92. The summed E-state index contributed by atoms with van der Waals surface area (Å²) in [4.78, 5) is 38.4. The molecule has 2 saturated heterocycles. The highest BCUT2D eigenvalue weighted by Crippen LogP contribution is 2.31. The van der Waals surface area contributed by atoms with Gasteiger partial charge >= 0.3 is 0 Å². The molecule has 2 aliphatic rings. The van der Waals surface area contributed by atoms with Gasteiger partial charge in [-0.2, -0.15) is 4.98 Å². The lowest BCUT2D eigenvalue weighted by molar-refractivity contribution is -0.134. The van der Waals surface area contributed by atoms with E-state index in [9.17, 15) is 18.0 Å². The number of sulfonamides is 1. The van der Waals surface area contributed by atoms with Gasteiger partial charge in [0.15, 0.2) is 0 Å². The van der Waals surface area contributed by atoms with E-state index in [2.05, 4.69) is 65.7 Å². The minimum absolute atomic E-state index is 0.168. The Labute approximate surface area is 306 Å². The molecule has 1 aromatic heterocycles. The first-order valence-corrected chi connectivity index (χ1v) is 19.2. The Morgan fingerprint density at radius 2 is 1.65 bits per heavy atom. The fraction of sp³-hybridized carbons (Fsp3) is 0.385. The number of piperidine rings is 2. The molecule has 3 heterocycles. The van der Waals surface area contributed by atoms with Crippen molar-refractivity contribution in [2.45, 2.75) is 82.3 Å². The van der Waals surface area contributed by atoms with Gasteiger partial charge in [-0.25, -0.2) is 18.1 Å². The normalized spacial score (nSPS) is 17.3. The summed E-state index contributed by atoms with van der Waals surface area (Å²) >= 11 is 0. The molecule has 1 atom stereocenters. The standard InChI is InChI=1S/C39H48N8O4S/c1-26-24-40-38(44-36(26)41-29-10-8-11-32(23-29)52(50,51)45-39(2,3)4)42-28-13-15-31(16-14-28)47-21-19-30(20-22-47)46(5)25-27-9-6-7-12-33(27)34-17-18-35(48)43-37(34)49/h6-16,23-24,30,34,45H,17-22,25H2,1-5H3,(H,43,48,49)(H2,40,41,42,44). The Bertz CT molecular complexity index is 2020. The highest BCUT2D eigenvalue weighted by Gasteiger charge is 2.30. The minimum Gasteiger partial charge on any atom is -0.371 e. The fourth-order valence-electron chi connectivity index (χ4n) is 6.82. The maximum Gasteiger partial charge on any atom is 0.241 e. The van der Waals surface area contributed by atoms with Crippen molar-refractivity contribution in [1.29, 1.82) is 0 Å². The van der Waals surface area contributed by atoms with Gasteiger partial charge in [-0.1, -0.05) is 30.3 Å². The first-order valence-electron chi connectivity index (χ1n) is 17.7. The summed E-state index contributed by atoms with van der Waals surface area (Å²) in [6, 6.07) is 23.4. The van der Waals surface area contributed by atoms with Gasteiger partial charge in [0.25, 0.3) is 0 Å². The molecule has 0 bridgehead atoms. The zero-order valence-corrected chi connectivity index (χ0v) is 31.3. The number of amides is 2. The number of nitrogens with zero attached hydrogens (tertiary/aromatic N) is 4. The second-order valence-electron chi connectivity index (χ2n) is 14.7. The van der Waals surface area contributed by atoms with Gasteiger partial charge in [0.2, 0.25) is 27.8 Å². The predicted molar refractivity (Wildman–Crippen MR) is 205 cm³/mol. The molecule has 0 saturated carbocycles. The number of hydrogen-bond donors (Lipinski definition) is 4. The smallest absolute Gasteiger partial charge is 0.241 e. The lowest BCUT2D eigenvalue weighted by Gasteiger charge is -2.38. The Hall–Kier alpha value is -4.85. The van der Waals surface area contributed by atoms with Gasteiger partial charge in [-0.05, 0) is 108 Å². The van der Waals surface area contributed by atoms with E-state index in [-0.39, 0.29) is 22.6 Å². The molecule has 12 nitrogen and oxygen atoms in total. The van der Waals surface area contributed by atoms with Gasteiger partial charge in [-0.15, -0.1) is 0 Å². The van der Waals surface area contributed by atoms with Crippen molar-refractivity contribution in [1.82, 2.24) is 24.9 Å². The molecule has 0 aliphatic carbocycles. The molecule has 4 aromatic rings. The largest absolute Gasteiger partial charge is 0.371 e. The van der Waals surface area contributed by atoms with Crippen LogP contribution in [0, 0.1) is 6.92 Å². The van der Waals surface area contributed by atoms with Crippen molar-refractivity contribution in [2.24, 2.45) is 0 Å². The summed E-state index contributed by atoms with van der Waals surface area (Å²) < 4.78 is 28.4. The van der Waals surface area contributed by atoms with Crippen LogP contribution < -0.4 is 25.6 Å². The van der Waals surface area contributed by atoms with Crippen LogP contribution in [0.25, 0.3) is 0 Å². The number of rotatable bonds is 11. The van der Waals surface area contributed by atoms with Crippen LogP contribution in [0.2, 0.25) is 0 Å². The minimum atomic E-state index is -3.69. The van der Waals surface area contributed by atoms with E-state index < -0.39 is 15.6 Å². The van der Waals surface area contributed by atoms with E-state index in [4.69, 9.17) is 0 Å². The van der Waals surface area contributed by atoms with Crippen molar-refractivity contribution in [3.63, 3.8) is 0 Å². The maximum absolute atomic E-state index is 12.9. The molecule has 3 aromatic carbocycles. The molecule has 6 rings (SSSR count). The average molecular weight is 725 g/mol. The molecule has 0 radical (unpaired) electrons. The van der Waals surface area contributed by atoms with Crippen LogP contribution in [0.1, 0.15) is 69.1 Å². The summed E-state index contributed by atoms with van der Waals surface area (Å²) in [7, 11) is -1.53. The van der Waals surface area contributed by atoms with E-state index in [0.717, 1.165) is 60.5 Å². The molecule has 4 N–H and O–H groups in total. The Morgan fingerprint density at radius 3 is 2.37 bits per heavy atom. The van der Waals surface area contributed by atoms with Crippen LogP contribution in [0.3, 0.4) is 0 Å². The van der Waals surface area contributed by atoms with E-state index in [1.807, 2.05) is 37.3 Å². The second-order valence-corrected chi connectivity index (χ2v) is 16.4. The Kier molecular flexibility index (Phi) is 10.9. The summed E-state index contributed by atoms with van der Waals surface area (Å²) in [5, 5.41) is 9.05. The third-order valence-electron chi connectivity index (χ3n) is 9.49. The highest BCUT2D eigenvalue weighted by atomic mass is 32.2. The van der Waals surface area contributed by atoms with Gasteiger partial charge in [-0.3, -0.25) is 19.8 Å². The fourth-order valence-corrected chi connectivity index (χ4v) is 8.29. The molecule has 2 fully saturated rings. The predicted octanol–water partition coefficient (Wildman–Crippen LogP) is 5.97.